The van der Waals surface area contributed by atoms with E-state index in [-0.39, 0.29) is 6.03 Å². The minimum absolute atomic E-state index is 0.0247. The van der Waals surface area contributed by atoms with Crippen LogP contribution in [0.25, 0.3) is 0 Å². The largest absolute Gasteiger partial charge is 0.338 e. The molecule has 4 nitrogen and oxygen atoms in total. The van der Waals surface area contributed by atoms with Gasteiger partial charge in [0.1, 0.15) is 0 Å². The maximum atomic E-state index is 11.4. The minimum Gasteiger partial charge on any atom is -0.338 e. The molecule has 2 amide bonds. The molecule has 4 heteroatoms. The zero-order valence-electron chi connectivity index (χ0n) is 12.6. The normalized spacial score (nSPS) is 11.0. The molecule has 18 heavy (non-hydrogen) atoms. The first-order valence-electron chi connectivity index (χ1n) is 7.29. The lowest BCUT2D eigenvalue weighted by atomic mass is 10.2. The van der Waals surface area contributed by atoms with E-state index in [0.717, 1.165) is 38.9 Å². The number of urea groups is 1. The summed E-state index contributed by atoms with van der Waals surface area (Å²) in [7, 11) is 2.14. The summed E-state index contributed by atoms with van der Waals surface area (Å²) < 4.78 is 0. The highest BCUT2D eigenvalue weighted by molar-refractivity contribution is 5.73. The van der Waals surface area contributed by atoms with E-state index in [0.29, 0.717) is 6.04 Å². The van der Waals surface area contributed by atoms with Crippen molar-refractivity contribution in [3.8, 4) is 0 Å². The van der Waals surface area contributed by atoms with Gasteiger partial charge in [0.2, 0.25) is 0 Å². The van der Waals surface area contributed by atoms with E-state index < -0.39 is 0 Å². The van der Waals surface area contributed by atoms with Crippen molar-refractivity contribution in [1.29, 1.82) is 0 Å². The summed E-state index contributed by atoms with van der Waals surface area (Å²) in [6, 6.07) is 0.572. The summed E-state index contributed by atoms with van der Waals surface area (Å²) in [5.41, 5.74) is 0. The first kappa shape index (κ1) is 17.2. The van der Waals surface area contributed by atoms with Crippen molar-refractivity contribution < 1.29 is 4.79 Å². The number of rotatable bonds is 10. The molecule has 0 fully saturated rings. The number of nitrogens with zero attached hydrogens (tertiary/aromatic N) is 1. The molecule has 0 bridgehead atoms. The molecule has 0 aliphatic heterocycles. The molecule has 0 heterocycles. The molecule has 0 aliphatic rings. The van der Waals surface area contributed by atoms with Gasteiger partial charge in [-0.05, 0) is 46.7 Å². The van der Waals surface area contributed by atoms with Gasteiger partial charge in [-0.25, -0.2) is 4.79 Å². The molecule has 0 aromatic rings. The Morgan fingerprint density at radius 2 is 1.61 bits per heavy atom. The van der Waals surface area contributed by atoms with Crippen LogP contribution in [-0.2, 0) is 0 Å². The van der Waals surface area contributed by atoms with Crippen molar-refractivity contribution in [2.75, 3.05) is 26.7 Å². The molecule has 108 valence electrons. The highest BCUT2D eigenvalue weighted by Crippen LogP contribution is 1.97. The van der Waals surface area contributed by atoms with Crippen LogP contribution in [0.3, 0.4) is 0 Å². The highest BCUT2D eigenvalue weighted by Gasteiger charge is 2.02. The lowest BCUT2D eigenvalue weighted by Gasteiger charge is -2.20. The van der Waals surface area contributed by atoms with Crippen LogP contribution in [-0.4, -0.2) is 43.7 Å². The third kappa shape index (κ3) is 10.4. The van der Waals surface area contributed by atoms with Gasteiger partial charge < -0.3 is 15.5 Å². The van der Waals surface area contributed by atoms with Crippen molar-refractivity contribution in [2.45, 2.75) is 58.9 Å². The van der Waals surface area contributed by atoms with Gasteiger partial charge in [-0.2, -0.15) is 0 Å². The fourth-order valence-electron chi connectivity index (χ4n) is 1.59. The van der Waals surface area contributed by atoms with E-state index in [1.807, 2.05) is 0 Å². The lowest BCUT2D eigenvalue weighted by Crippen LogP contribution is -2.36. The Morgan fingerprint density at radius 3 is 2.11 bits per heavy atom. The molecule has 0 saturated heterocycles. The van der Waals surface area contributed by atoms with Crippen LogP contribution in [0.15, 0.2) is 0 Å². The van der Waals surface area contributed by atoms with Crippen LogP contribution < -0.4 is 10.6 Å². The molecule has 0 aromatic heterocycles. The molecule has 0 aliphatic carbocycles. The van der Waals surface area contributed by atoms with Gasteiger partial charge in [-0.3, -0.25) is 0 Å². The predicted octanol–water partition coefficient (Wildman–Crippen LogP) is 2.60. The van der Waals surface area contributed by atoms with E-state index in [9.17, 15) is 4.79 Å². The van der Waals surface area contributed by atoms with Crippen molar-refractivity contribution in [1.82, 2.24) is 15.5 Å². The Kier molecular flexibility index (Phi) is 10.8. The third-order valence-electron chi connectivity index (χ3n) is 3.17. The molecule has 0 rings (SSSR count). The SMILES string of the molecule is CCCCCNC(=O)NCCCCN(C)C(C)C. The number of amides is 2. The van der Waals surface area contributed by atoms with Crippen LogP contribution in [0, 0.1) is 0 Å². The molecule has 0 spiro atoms. The Balaban J connectivity index is 3.30. The topological polar surface area (TPSA) is 44.4 Å². The van der Waals surface area contributed by atoms with Crippen LogP contribution >= 0.6 is 0 Å². The van der Waals surface area contributed by atoms with Crippen LogP contribution in [0.2, 0.25) is 0 Å². The van der Waals surface area contributed by atoms with E-state index in [4.69, 9.17) is 0 Å². The summed E-state index contributed by atoms with van der Waals surface area (Å²) in [6.07, 6.45) is 5.61. The maximum absolute atomic E-state index is 11.4. The van der Waals surface area contributed by atoms with Crippen molar-refractivity contribution in [3.05, 3.63) is 0 Å². The zero-order valence-corrected chi connectivity index (χ0v) is 12.6. The van der Waals surface area contributed by atoms with Gasteiger partial charge >= 0.3 is 6.03 Å². The first-order chi connectivity index (χ1) is 8.57. The number of unbranched alkanes of at least 4 members (excludes halogenated alkanes) is 3. The van der Waals surface area contributed by atoms with Gasteiger partial charge in [-0.1, -0.05) is 19.8 Å². The van der Waals surface area contributed by atoms with Crippen LogP contribution in [0.5, 0.6) is 0 Å². The van der Waals surface area contributed by atoms with Gasteiger partial charge in [0.15, 0.2) is 0 Å². The number of carbonyl (C=O) groups excluding carboxylic acids is 1. The molecule has 0 atom stereocenters. The summed E-state index contributed by atoms with van der Waals surface area (Å²) in [4.78, 5) is 13.7. The second-order valence-corrected chi connectivity index (χ2v) is 5.17. The van der Waals surface area contributed by atoms with Crippen LogP contribution in [0.4, 0.5) is 4.79 Å². The monoisotopic (exact) mass is 257 g/mol. The van der Waals surface area contributed by atoms with Crippen molar-refractivity contribution >= 4 is 6.03 Å². The summed E-state index contributed by atoms with van der Waals surface area (Å²) in [5, 5.41) is 5.77. The Morgan fingerprint density at radius 1 is 1.06 bits per heavy atom. The number of nitrogens with one attached hydrogen (secondary N) is 2. The van der Waals surface area contributed by atoms with Crippen molar-refractivity contribution in [2.24, 2.45) is 0 Å². The molecule has 0 saturated carbocycles. The average Bonchev–Trinajstić information content (AvgIpc) is 2.33. The summed E-state index contributed by atoms with van der Waals surface area (Å²) in [5.74, 6) is 0. The van der Waals surface area contributed by atoms with E-state index in [2.05, 4.69) is 43.4 Å². The van der Waals surface area contributed by atoms with E-state index >= 15 is 0 Å². The van der Waals surface area contributed by atoms with Crippen molar-refractivity contribution in [3.63, 3.8) is 0 Å². The molecule has 0 aromatic carbocycles. The molecular formula is C14H31N3O. The van der Waals surface area contributed by atoms with Gasteiger partial charge in [-0.15, -0.1) is 0 Å². The van der Waals surface area contributed by atoms with Gasteiger partial charge in [0.05, 0.1) is 0 Å². The highest BCUT2D eigenvalue weighted by atomic mass is 16.2. The fraction of sp³-hybridized carbons (Fsp3) is 0.929. The lowest BCUT2D eigenvalue weighted by molar-refractivity contribution is 0.239. The van der Waals surface area contributed by atoms with E-state index in [1.165, 1.54) is 12.8 Å². The smallest absolute Gasteiger partial charge is 0.314 e. The second kappa shape index (κ2) is 11.3. The third-order valence-corrected chi connectivity index (χ3v) is 3.17. The van der Waals surface area contributed by atoms with Gasteiger partial charge in [0.25, 0.3) is 0 Å². The Labute approximate surface area is 113 Å². The number of hydrogen-bond donors (Lipinski definition) is 2. The fourth-order valence-corrected chi connectivity index (χ4v) is 1.59. The standard InChI is InChI=1S/C14H31N3O/c1-5-6-7-10-15-14(18)16-11-8-9-12-17(4)13(2)3/h13H,5-12H2,1-4H3,(H2,15,16,18). The molecular weight excluding hydrogens is 226 g/mol. The maximum Gasteiger partial charge on any atom is 0.314 e. The number of hydrogen-bond acceptors (Lipinski definition) is 2. The Hall–Kier alpha value is -0.770. The first-order valence-corrected chi connectivity index (χ1v) is 7.29. The van der Waals surface area contributed by atoms with Crippen LogP contribution in [0.1, 0.15) is 52.9 Å². The van der Waals surface area contributed by atoms with Gasteiger partial charge in [0, 0.05) is 19.1 Å². The Bertz CT molecular complexity index is 207. The average molecular weight is 257 g/mol. The molecule has 0 unspecified atom stereocenters. The quantitative estimate of drug-likeness (QED) is 0.591. The molecule has 2 N–H and O–H groups in total. The minimum atomic E-state index is -0.0247. The van der Waals surface area contributed by atoms with E-state index in [1.54, 1.807) is 0 Å². The number of carbonyl (C=O) groups is 1. The summed E-state index contributed by atoms with van der Waals surface area (Å²) in [6.45, 7) is 9.21. The molecule has 0 radical (unpaired) electrons. The summed E-state index contributed by atoms with van der Waals surface area (Å²) >= 11 is 0. The zero-order chi connectivity index (χ0) is 13.8. The predicted molar refractivity (Wildman–Crippen MR) is 77.9 cm³/mol. The second-order valence-electron chi connectivity index (χ2n) is 5.17.